The van der Waals surface area contributed by atoms with E-state index in [1.54, 1.807) is 0 Å². The first-order valence-electron chi connectivity index (χ1n) is 12.2. The number of benzene rings is 2. The smallest absolute Gasteiger partial charge is 0.227 e. The summed E-state index contributed by atoms with van der Waals surface area (Å²) >= 11 is 0. The van der Waals surface area contributed by atoms with E-state index in [4.69, 9.17) is 4.98 Å². The standard InChI is InChI=1S/C27H35N5O/c1-20-10-11-23(17-21(20)2)31-13-15-32(16-14-31)27(33)22-7-6-12-30(18-22)19-26-28-24-8-4-5-9-25(24)29(26)3/h4-5,8-11,17,22H,6-7,12-16,18-19H2,1-3H3/t22-/m0/s1. The molecule has 33 heavy (non-hydrogen) atoms. The van der Waals surface area contributed by atoms with Gasteiger partial charge in [-0.2, -0.15) is 0 Å². The number of rotatable bonds is 4. The molecule has 3 aromatic rings. The third kappa shape index (κ3) is 4.49. The van der Waals surface area contributed by atoms with Crippen molar-refractivity contribution in [3.05, 3.63) is 59.4 Å². The Labute approximate surface area is 196 Å². The predicted octanol–water partition coefficient (Wildman–Crippen LogP) is 3.75. The Hall–Kier alpha value is -2.86. The van der Waals surface area contributed by atoms with E-state index in [9.17, 15) is 4.79 Å². The van der Waals surface area contributed by atoms with E-state index >= 15 is 0 Å². The van der Waals surface area contributed by atoms with Crippen molar-refractivity contribution >= 4 is 22.6 Å². The lowest BCUT2D eigenvalue weighted by Crippen LogP contribution is -2.52. The van der Waals surface area contributed by atoms with Crippen LogP contribution in [0.4, 0.5) is 5.69 Å². The molecule has 174 valence electrons. The molecule has 0 saturated carbocycles. The highest BCUT2D eigenvalue weighted by Gasteiger charge is 2.31. The van der Waals surface area contributed by atoms with E-state index in [2.05, 4.69) is 76.6 Å². The van der Waals surface area contributed by atoms with Gasteiger partial charge in [0.1, 0.15) is 5.82 Å². The maximum atomic E-state index is 13.4. The van der Waals surface area contributed by atoms with Crippen molar-refractivity contribution in [1.82, 2.24) is 19.4 Å². The fourth-order valence-electron chi connectivity index (χ4n) is 5.30. The van der Waals surface area contributed by atoms with Crippen molar-refractivity contribution in [2.24, 2.45) is 13.0 Å². The van der Waals surface area contributed by atoms with Crippen molar-refractivity contribution in [3.63, 3.8) is 0 Å². The number of piperazine rings is 1. The highest BCUT2D eigenvalue weighted by atomic mass is 16.2. The van der Waals surface area contributed by atoms with Gasteiger partial charge in [0.05, 0.1) is 23.5 Å². The molecular weight excluding hydrogens is 410 g/mol. The Kier molecular flexibility index (Phi) is 6.11. The number of carbonyl (C=O) groups is 1. The van der Waals surface area contributed by atoms with Crippen LogP contribution in [-0.2, 0) is 18.4 Å². The summed E-state index contributed by atoms with van der Waals surface area (Å²) in [5, 5.41) is 0. The van der Waals surface area contributed by atoms with Crippen LogP contribution < -0.4 is 4.90 Å². The van der Waals surface area contributed by atoms with Gasteiger partial charge < -0.3 is 14.4 Å². The number of piperidine rings is 1. The van der Waals surface area contributed by atoms with Crippen LogP contribution in [0.1, 0.15) is 29.8 Å². The summed E-state index contributed by atoms with van der Waals surface area (Å²) in [6.07, 6.45) is 2.07. The monoisotopic (exact) mass is 445 g/mol. The first kappa shape index (κ1) is 22.0. The van der Waals surface area contributed by atoms with Gasteiger partial charge in [0.15, 0.2) is 0 Å². The van der Waals surface area contributed by atoms with Crippen LogP contribution >= 0.6 is 0 Å². The van der Waals surface area contributed by atoms with E-state index in [1.807, 2.05) is 6.07 Å². The number of aryl methyl sites for hydroxylation is 3. The molecule has 6 nitrogen and oxygen atoms in total. The Morgan fingerprint density at radius 1 is 1.00 bits per heavy atom. The predicted molar refractivity (Wildman–Crippen MR) is 133 cm³/mol. The first-order chi connectivity index (χ1) is 16.0. The number of likely N-dealkylation sites (tertiary alicyclic amines) is 1. The van der Waals surface area contributed by atoms with Crippen molar-refractivity contribution in [2.45, 2.75) is 33.2 Å². The van der Waals surface area contributed by atoms with Gasteiger partial charge in [-0.1, -0.05) is 18.2 Å². The number of carbonyl (C=O) groups excluding carboxylic acids is 1. The van der Waals surface area contributed by atoms with Crippen LogP contribution in [0.25, 0.3) is 11.0 Å². The van der Waals surface area contributed by atoms with Gasteiger partial charge in [-0.15, -0.1) is 0 Å². The Balaban J connectivity index is 1.19. The molecule has 0 spiro atoms. The topological polar surface area (TPSA) is 44.6 Å². The SMILES string of the molecule is Cc1ccc(N2CCN(C(=O)[C@H]3CCCN(Cc4nc5ccccc5n4C)C3)CC2)cc1C. The molecule has 2 aromatic carbocycles. The highest BCUT2D eigenvalue weighted by molar-refractivity contribution is 5.79. The summed E-state index contributed by atoms with van der Waals surface area (Å²) in [6.45, 7) is 10.4. The van der Waals surface area contributed by atoms with E-state index in [-0.39, 0.29) is 5.92 Å². The molecule has 0 N–H and O–H groups in total. The number of para-hydroxylation sites is 2. The summed E-state index contributed by atoms with van der Waals surface area (Å²) in [7, 11) is 2.09. The second-order valence-electron chi connectivity index (χ2n) is 9.73. The summed E-state index contributed by atoms with van der Waals surface area (Å²) < 4.78 is 2.19. The average Bonchev–Trinajstić information content (AvgIpc) is 3.16. The largest absolute Gasteiger partial charge is 0.368 e. The zero-order valence-corrected chi connectivity index (χ0v) is 20.1. The third-order valence-electron chi connectivity index (χ3n) is 7.55. The molecule has 0 aliphatic carbocycles. The second kappa shape index (κ2) is 9.18. The Morgan fingerprint density at radius 2 is 1.79 bits per heavy atom. The van der Waals surface area contributed by atoms with Crippen molar-refractivity contribution in [3.8, 4) is 0 Å². The van der Waals surface area contributed by atoms with Gasteiger partial charge in [-0.05, 0) is 68.6 Å². The maximum Gasteiger partial charge on any atom is 0.227 e. The lowest BCUT2D eigenvalue weighted by atomic mass is 9.96. The number of nitrogens with zero attached hydrogens (tertiary/aromatic N) is 5. The molecule has 1 amide bonds. The Morgan fingerprint density at radius 3 is 2.55 bits per heavy atom. The summed E-state index contributed by atoms with van der Waals surface area (Å²) in [5.74, 6) is 1.51. The van der Waals surface area contributed by atoms with Crippen LogP contribution in [0.3, 0.4) is 0 Å². The molecular formula is C27H35N5O. The van der Waals surface area contributed by atoms with Gasteiger partial charge in [0.2, 0.25) is 5.91 Å². The van der Waals surface area contributed by atoms with Gasteiger partial charge in [0, 0.05) is 45.5 Å². The zero-order valence-electron chi connectivity index (χ0n) is 20.1. The van der Waals surface area contributed by atoms with E-state index < -0.39 is 0 Å². The number of fused-ring (bicyclic) bond motifs is 1. The van der Waals surface area contributed by atoms with Crippen LogP contribution in [0, 0.1) is 19.8 Å². The lowest BCUT2D eigenvalue weighted by Gasteiger charge is -2.39. The van der Waals surface area contributed by atoms with Gasteiger partial charge in [0.25, 0.3) is 0 Å². The molecule has 0 unspecified atom stereocenters. The molecule has 2 fully saturated rings. The molecule has 1 aromatic heterocycles. The lowest BCUT2D eigenvalue weighted by molar-refractivity contribution is -0.137. The quantitative estimate of drug-likeness (QED) is 0.614. The Bertz CT molecular complexity index is 1140. The molecule has 2 aliphatic rings. The average molecular weight is 446 g/mol. The number of imidazole rings is 1. The van der Waals surface area contributed by atoms with Crippen LogP contribution in [0.2, 0.25) is 0 Å². The summed E-state index contributed by atoms with van der Waals surface area (Å²) in [6, 6.07) is 15.0. The van der Waals surface area contributed by atoms with E-state index in [0.29, 0.717) is 5.91 Å². The molecule has 3 heterocycles. The van der Waals surface area contributed by atoms with Gasteiger partial charge in [-0.3, -0.25) is 9.69 Å². The van der Waals surface area contributed by atoms with Gasteiger partial charge in [-0.25, -0.2) is 4.98 Å². The van der Waals surface area contributed by atoms with Crippen molar-refractivity contribution < 1.29 is 4.79 Å². The van der Waals surface area contributed by atoms with Crippen molar-refractivity contribution in [2.75, 3.05) is 44.2 Å². The van der Waals surface area contributed by atoms with Crippen LogP contribution in [-0.4, -0.2) is 64.5 Å². The van der Waals surface area contributed by atoms with Crippen molar-refractivity contribution in [1.29, 1.82) is 0 Å². The summed E-state index contributed by atoms with van der Waals surface area (Å²) in [5.41, 5.74) is 6.14. The van der Waals surface area contributed by atoms with Crippen LogP contribution in [0.5, 0.6) is 0 Å². The zero-order chi connectivity index (χ0) is 22.9. The molecule has 0 bridgehead atoms. The second-order valence-corrected chi connectivity index (χ2v) is 9.73. The third-order valence-corrected chi connectivity index (χ3v) is 7.55. The number of aromatic nitrogens is 2. The molecule has 0 radical (unpaired) electrons. The molecule has 6 heteroatoms. The minimum absolute atomic E-state index is 0.0987. The molecule has 2 aliphatic heterocycles. The highest BCUT2D eigenvalue weighted by Crippen LogP contribution is 2.24. The van der Waals surface area contributed by atoms with Gasteiger partial charge >= 0.3 is 0 Å². The number of hydrogen-bond donors (Lipinski definition) is 0. The number of hydrogen-bond acceptors (Lipinski definition) is 4. The summed E-state index contributed by atoms with van der Waals surface area (Å²) in [4.78, 5) is 25.1. The fraction of sp³-hybridized carbons (Fsp3) is 0.481. The van der Waals surface area contributed by atoms with E-state index in [0.717, 1.165) is 70.0 Å². The molecule has 1 atom stereocenters. The molecule has 2 saturated heterocycles. The number of amides is 1. The normalized spacial score (nSPS) is 19.9. The molecule has 5 rings (SSSR count). The van der Waals surface area contributed by atoms with E-state index in [1.165, 1.54) is 22.3 Å². The minimum Gasteiger partial charge on any atom is -0.368 e. The minimum atomic E-state index is 0.0987. The fourth-order valence-corrected chi connectivity index (χ4v) is 5.30. The maximum absolute atomic E-state index is 13.4. The number of anilines is 1. The first-order valence-corrected chi connectivity index (χ1v) is 12.2. The van der Waals surface area contributed by atoms with Crippen LogP contribution in [0.15, 0.2) is 42.5 Å².